The Morgan fingerprint density at radius 3 is 2.41 bits per heavy atom. The highest BCUT2D eigenvalue weighted by atomic mass is 19.3. The van der Waals surface area contributed by atoms with Gasteiger partial charge in [0.05, 0.1) is 24.0 Å². The number of hydrogen-bond acceptors (Lipinski definition) is 4. The summed E-state index contributed by atoms with van der Waals surface area (Å²) in [5, 5.41) is 9.00. The summed E-state index contributed by atoms with van der Waals surface area (Å²) >= 11 is 0. The minimum atomic E-state index is -2.75. The lowest BCUT2D eigenvalue weighted by Crippen LogP contribution is -2.39. The van der Waals surface area contributed by atoms with Crippen molar-refractivity contribution in [3.05, 3.63) is 0 Å². The standard InChI is InChI=1S/C10H12F2O5/c11-6(12)3-16-10(15)8-5-2-1-4(17-5)7(8)9(13)14/h4-8H,1-3H2,(H,13,14). The number of hydrogen-bond donors (Lipinski definition) is 1. The second-order valence-corrected chi connectivity index (χ2v) is 4.20. The molecule has 4 unspecified atom stereocenters. The van der Waals surface area contributed by atoms with E-state index in [1.807, 2.05) is 0 Å². The first-order valence-corrected chi connectivity index (χ1v) is 5.33. The molecular formula is C10H12F2O5. The lowest BCUT2D eigenvalue weighted by Gasteiger charge is -2.22. The van der Waals surface area contributed by atoms with Crippen molar-refractivity contribution >= 4 is 11.9 Å². The van der Waals surface area contributed by atoms with Crippen LogP contribution in [0.1, 0.15) is 12.8 Å². The molecule has 2 aliphatic heterocycles. The SMILES string of the molecule is O=C(O)C1C2CCC(O2)C1C(=O)OCC(F)F. The summed E-state index contributed by atoms with van der Waals surface area (Å²) in [5.74, 6) is -3.97. The first-order chi connectivity index (χ1) is 8.00. The maximum Gasteiger partial charge on any atom is 0.312 e. The van der Waals surface area contributed by atoms with Crippen molar-refractivity contribution in [3.8, 4) is 0 Å². The molecule has 1 N–H and O–H groups in total. The van der Waals surface area contributed by atoms with Crippen LogP contribution in [0.15, 0.2) is 0 Å². The van der Waals surface area contributed by atoms with Gasteiger partial charge in [0, 0.05) is 0 Å². The van der Waals surface area contributed by atoms with E-state index < -0.39 is 49.0 Å². The van der Waals surface area contributed by atoms with Gasteiger partial charge in [0.15, 0.2) is 6.61 Å². The van der Waals surface area contributed by atoms with Crippen LogP contribution in [-0.4, -0.2) is 42.3 Å². The van der Waals surface area contributed by atoms with E-state index in [1.54, 1.807) is 0 Å². The zero-order valence-corrected chi connectivity index (χ0v) is 8.84. The molecule has 0 aromatic carbocycles. The van der Waals surface area contributed by atoms with Crippen LogP contribution in [0.4, 0.5) is 8.78 Å². The molecule has 2 heterocycles. The van der Waals surface area contributed by atoms with Crippen molar-refractivity contribution in [2.24, 2.45) is 11.8 Å². The van der Waals surface area contributed by atoms with E-state index >= 15 is 0 Å². The number of halogens is 2. The molecule has 2 bridgehead atoms. The van der Waals surface area contributed by atoms with E-state index in [0.717, 1.165) is 0 Å². The molecule has 2 fully saturated rings. The zero-order valence-electron chi connectivity index (χ0n) is 8.84. The third-order valence-electron chi connectivity index (χ3n) is 3.18. The van der Waals surface area contributed by atoms with E-state index in [0.29, 0.717) is 12.8 Å². The summed E-state index contributed by atoms with van der Waals surface area (Å²) in [7, 11) is 0. The number of rotatable bonds is 4. The topological polar surface area (TPSA) is 72.8 Å². The Kier molecular flexibility index (Phi) is 3.28. The van der Waals surface area contributed by atoms with Crippen LogP contribution in [0.3, 0.4) is 0 Å². The first kappa shape index (κ1) is 12.2. The maximum absolute atomic E-state index is 11.9. The molecule has 5 nitrogen and oxygen atoms in total. The molecule has 7 heteroatoms. The van der Waals surface area contributed by atoms with Crippen molar-refractivity contribution in [1.29, 1.82) is 0 Å². The molecule has 2 saturated heterocycles. The number of carboxylic acids is 1. The number of alkyl halides is 2. The Labute approximate surface area is 95.7 Å². The van der Waals surface area contributed by atoms with E-state index in [9.17, 15) is 18.4 Å². The average molecular weight is 250 g/mol. The van der Waals surface area contributed by atoms with Gasteiger partial charge in [0.25, 0.3) is 6.43 Å². The number of carbonyl (C=O) groups is 2. The monoisotopic (exact) mass is 250 g/mol. The first-order valence-electron chi connectivity index (χ1n) is 5.33. The van der Waals surface area contributed by atoms with Crippen LogP contribution in [0.25, 0.3) is 0 Å². The third-order valence-corrected chi connectivity index (χ3v) is 3.18. The highest BCUT2D eigenvalue weighted by Crippen LogP contribution is 2.44. The summed E-state index contributed by atoms with van der Waals surface area (Å²) in [6.45, 7) is -1.00. The second-order valence-electron chi connectivity index (χ2n) is 4.20. The van der Waals surface area contributed by atoms with E-state index in [2.05, 4.69) is 4.74 Å². The summed E-state index contributed by atoms with van der Waals surface area (Å²) < 4.78 is 33.5. The summed E-state index contributed by atoms with van der Waals surface area (Å²) in [6, 6.07) is 0. The lowest BCUT2D eigenvalue weighted by molar-refractivity contribution is -0.160. The minimum absolute atomic E-state index is 0.499. The number of esters is 1. The van der Waals surface area contributed by atoms with Gasteiger partial charge < -0.3 is 14.6 Å². The van der Waals surface area contributed by atoms with Gasteiger partial charge in [-0.15, -0.1) is 0 Å². The number of ether oxygens (including phenoxy) is 2. The van der Waals surface area contributed by atoms with Crippen molar-refractivity contribution in [2.45, 2.75) is 31.5 Å². The van der Waals surface area contributed by atoms with Crippen LogP contribution in [-0.2, 0) is 19.1 Å². The predicted octanol–water partition coefficient (Wildman–Crippen LogP) is 0.673. The largest absolute Gasteiger partial charge is 0.481 e. The Bertz CT molecular complexity index is 333. The lowest BCUT2D eigenvalue weighted by atomic mass is 9.79. The summed E-state index contributed by atoms with van der Waals surface area (Å²) in [4.78, 5) is 22.6. The number of carboxylic acid groups (broad SMARTS) is 1. The fraction of sp³-hybridized carbons (Fsp3) is 0.800. The Hall–Kier alpha value is -1.24. The normalized spacial score (nSPS) is 35.2. The Balaban J connectivity index is 2.03. The van der Waals surface area contributed by atoms with Gasteiger partial charge in [-0.1, -0.05) is 0 Å². The summed E-state index contributed by atoms with van der Waals surface area (Å²) in [6.07, 6.45) is -2.60. The number of aliphatic carboxylic acids is 1. The Morgan fingerprint density at radius 2 is 1.88 bits per heavy atom. The van der Waals surface area contributed by atoms with Gasteiger partial charge >= 0.3 is 11.9 Å². The predicted molar refractivity (Wildman–Crippen MR) is 49.5 cm³/mol. The van der Waals surface area contributed by atoms with Gasteiger partial charge in [-0.25, -0.2) is 8.78 Å². The van der Waals surface area contributed by atoms with Crippen LogP contribution in [0.2, 0.25) is 0 Å². The second kappa shape index (κ2) is 4.56. The molecule has 0 aliphatic carbocycles. The van der Waals surface area contributed by atoms with Gasteiger partial charge in [-0.2, -0.15) is 0 Å². The molecular weight excluding hydrogens is 238 g/mol. The van der Waals surface area contributed by atoms with E-state index in [4.69, 9.17) is 9.84 Å². The molecule has 0 radical (unpaired) electrons. The van der Waals surface area contributed by atoms with Crippen LogP contribution < -0.4 is 0 Å². The maximum atomic E-state index is 11.9. The average Bonchev–Trinajstić information content (AvgIpc) is 2.84. The van der Waals surface area contributed by atoms with Crippen molar-refractivity contribution < 1.29 is 33.0 Å². The van der Waals surface area contributed by atoms with Gasteiger partial charge in [-0.05, 0) is 12.8 Å². The fourth-order valence-corrected chi connectivity index (χ4v) is 2.53. The number of fused-ring (bicyclic) bond motifs is 2. The highest BCUT2D eigenvalue weighted by Gasteiger charge is 2.56. The molecule has 4 atom stereocenters. The van der Waals surface area contributed by atoms with Crippen molar-refractivity contribution in [2.75, 3.05) is 6.61 Å². The smallest absolute Gasteiger partial charge is 0.312 e. The molecule has 17 heavy (non-hydrogen) atoms. The number of carbonyl (C=O) groups excluding carboxylic acids is 1. The molecule has 2 aliphatic rings. The molecule has 0 spiro atoms. The van der Waals surface area contributed by atoms with Crippen LogP contribution in [0, 0.1) is 11.8 Å². The molecule has 0 amide bonds. The molecule has 0 aromatic rings. The van der Waals surface area contributed by atoms with Gasteiger partial charge in [0.2, 0.25) is 0 Å². The van der Waals surface area contributed by atoms with Crippen LogP contribution >= 0.6 is 0 Å². The van der Waals surface area contributed by atoms with E-state index in [1.165, 1.54) is 0 Å². The quantitative estimate of drug-likeness (QED) is 0.742. The van der Waals surface area contributed by atoms with Crippen LogP contribution in [0.5, 0.6) is 0 Å². The molecule has 96 valence electrons. The van der Waals surface area contributed by atoms with E-state index in [-0.39, 0.29) is 0 Å². The minimum Gasteiger partial charge on any atom is -0.481 e. The van der Waals surface area contributed by atoms with Gasteiger partial charge in [-0.3, -0.25) is 9.59 Å². The molecule has 2 rings (SSSR count). The van der Waals surface area contributed by atoms with Crippen molar-refractivity contribution in [3.63, 3.8) is 0 Å². The molecule has 0 aromatic heterocycles. The van der Waals surface area contributed by atoms with Gasteiger partial charge in [0.1, 0.15) is 0 Å². The third kappa shape index (κ3) is 2.24. The van der Waals surface area contributed by atoms with Crippen molar-refractivity contribution in [1.82, 2.24) is 0 Å². The fourth-order valence-electron chi connectivity index (χ4n) is 2.53. The summed E-state index contributed by atoms with van der Waals surface area (Å²) in [5.41, 5.74) is 0. The zero-order chi connectivity index (χ0) is 12.6. The Morgan fingerprint density at radius 1 is 1.29 bits per heavy atom. The highest BCUT2D eigenvalue weighted by molar-refractivity contribution is 5.83. The molecule has 0 saturated carbocycles.